The molecule has 11 heavy (non-hydrogen) atoms. The summed E-state index contributed by atoms with van der Waals surface area (Å²) in [5.41, 5.74) is -1.69. The van der Waals surface area contributed by atoms with Crippen LogP contribution in [-0.4, -0.2) is 35.0 Å². The molecule has 0 aromatic heterocycles. The van der Waals surface area contributed by atoms with Gasteiger partial charge in [0.1, 0.15) is 0 Å². The van der Waals surface area contributed by atoms with Gasteiger partial charge in [0.25, 0.3) is 0 Å². The summed E-state index contributed by atoms with van der Waals surface area (Å²) in [6.45, 7) is 2.96. The summed E-state index contributed by atoms with van der Waals surface area (Å²) < 4.78 is 4.81. The van der Waals surface area contributed by atoms with Crippen LogP contribution in [0.15, 0.2) is 0 Å². The van der Waals surface area contributed by atoms with E-state index in [4.69, 9.17) is 9.84 Å². The Bertz CT molecular complexity index is 141. The van der Waals surface area contributed by atoms with E-state index in [0.717, 1.165) is 0 Å². The minimum atomic E-state index is -1.69. The fourth-order valence-corrected chi connectivity index (χ4v) is 0.730. The highest BCUT2D eigenvalue weighted by atomic mass is 16.5. The Morgan fingerprint density at radius 3 is 2.45 bits per heavy atom. The maximum Gasteiger partial charge on any atom is 0.335 e. The predicted molar refractivity (Wildman–Crippen MR) is 39.3 cm³/mol. The molecule has 0 aliphatic heterocycles. The third kappa shape index (κ3) is 3.34. The monoisotopic (exact) mass is 162 g/mol. The fourth-order valence-electron chi connectivity index (χ4n) is 0.730. The van der Waals surface area contributed by atoms with Crippen molar-refractivity contribution in [1.82, 2.24) is 0 Å². The lowest BCUT2D eigenvalue weighted by atomic mass is 10.00. The number of aliphatic hydroxyl groups is 1. The van der Waals surface area contributed by atoms with Crippen LogP contribution in [0.1, 0.15) is 20.3 Å². The predicted octanol–water partition coefficient (Wildman–Crippen LogP) is 0.247. The number of ether oxygens (including phenoxy) is 1. The van der Waals surface area contributed by atoms with Crippen molar-refractivity contribution < 1.29 is 19.7 Å². The van der Waals surface area contributed by atoms with Gasteiger partial charge in [0, 0.05) is 13.5 Å². The highest BCUT2D eigenvalue weighted by Crippen LogP contribution is 2.13. The molecule has 0 heterocycles. The van der Waals surface area contributed by atoms with Crippen molar-refractivity contribution in [2.75, 3.05) is 7.11 Å². The van der Waals surface area contributed by atoms with Gasteiger partial charge in [0.2, 0.25) is 0 Å². The fraction of sp³-hybridized carbons (Fsp3) is 0.857. The maximum atomic E-state index is 10.4. The van der Waals surface area contributed by atoms with E-state index in [9.17, 15) is 9.90 Å². The molecule has 66 valence electrons. The first-order valence-corrected chi connectivity index (χ1v) is 3.38. The highest BCUT2D eigenvalue weighted by Gasteiger charge is 2.31. The van der Waals surface area contributed by atoms with Gasteiger partial charge in [0.15, 0.2) is 5.60 Å². The zero-order chi connectivity index (χ0) is 9.07. The molecule has 0 aromatic rings. The molecule has 0 saturated carbocycles. The van der Waals surface area contributed by atoms with E-state index in [0.29, 0.717) is 0 Å². The van der Waals surface area contributed by atoms with Crippen LogP contribution in [0.25, 0.3) is 0 Å². The minimum absolute atomic E-state index is 0.0961. The third-order valence-corrected chi connectivity index (χ3v) is 1.55. The van der Waals surface area contributed by atoms with Crippen LogP contribution >= 0.6 is 0 Å². The van der Waals surface area contributed by atoms with Crippen molar-refractivity contribution in [3.8, 4) is 0 Å². The van der Waals surface area contributed by atoms with Crippen molar-refractivity contribution >= 4 is 5.97 Å². The second kappa shape index (κ2) is 3.69. The molecular weight excluding hydrogens is 148 g/mol. The summed E-state index contributed by atoms with van der Waals surface area (Å²) in [7, 11) is 1.47. The number of aliphatic carboxylic acids is 1. The standard InChI is InChI=1S/C7H14O4/c1-5(11-3)4-7(2,10)6(8)9/h5,10H,4H2,1-3H3,(H,8,9)/t5-,7-/m0/s1. The van der Waals surface area contributed by atoms with Gasteiger partial charge in [0.05, 0.1) is 6.10 Å². The van der Waals surface area contributed by atoms with Crippen LogP contribution in [0, 0.1) is 0 Å². The molecule has 0 spiro atoms. The van der Waals surface area contributed by atoms with E-state index < -0.39 is 11.6 Å². The number of rotatable bonds is 4. The molecule has 0 aromatic carbocycles. The largest absolute Gasteiger partial charge is 0.479 e. The number of carboxylic acids is 1. The molecule has 4 nitrogen and oxygen atoms in total. The molecule has 4 heteroatoms. The molecule has 0 unspecified atom stereocenters. The van der Waals surface area contributed by atoms with Gasteiger partial charge in [-0.3, -0.25) is 0 Å². The number of hydrogen-bond donors (Lipinski definition) is 2. The van der Waals surface area contributed by atoms with E-state index in [1.54, 1.807) is 6.92 Å². The number of hydrogen-bond acceptors (Lipinski definition) is 3. The summed E-state index contributed by atoms with van der Waals surface area (Å²) in [5, 5.41) is 17.7. The van der Waals surface area contributed by atoms with Crippen LogP contribution in [0.2, 0.25) is 0 Å². The van der Waals surface area contributed by atoms with Gasteiger partial charge < -0.3 is 14.9 Å². The van der Waals surface area contributed by atoms with Crippen molar-refractivity contribution in [2.45, 2.75) is 32.0 Å². The zero-order valence-corrected chi connectivity index (χ0v) is 7.00. The lowest BCUT2D eigenvalue weighted by Crippen LogP contribution is -2.38. The van der Waals surface area contributed by atoms with E-state index in [1.165, 1.54) is 14.0 Å². The molecule has 0 aliphatic rings. The molecule has 2 atom stereocenters. The van der Waals surface area contributed by atoms with Crippen molar-refractivity contribution in [3.63, 3.8) is 0 Å². The van der Waals surface area contributed by atoms with E-state index in [2.05, 4.69) is 0 Å². The molecule has 0 rings (SSSR count). The number of carbonyl (C=O) groups is 1. The summed E-state index contributed by atoms with van der Waals surface area (Å²) in [4.78, 5) is 10.4. The Hall–Kier alpha value is -0.610. The van der Waals surface area contributed by atoms with Gasteiger partial charge in [-0.05, 0) is 13.8 Å². The second-order valence-electron chi connectivity index (χ2n) is 2.83. The summed E-state index contributed by atoms with van der Waals surface area (Å²) in [6.07, 6.45) is -0.153. The Labute approximate surface area is 65.8 Å². The number of carboxylic acid groups (broad SMARTS) is 1. The summed E-state index contributed by atoms with van der Waals surface area (Å²) in [5.74, 6) is -1.22. The van der Waals surface area contributed by atoms with Crippen LogP contribution in [-0.2, 0) is 9.53 Å². The van der Waals surface area contributed by atoms with Crippen LogP contribution in [0.3, 0.4) is 0 Å². The van der Waals surface area contributed by atoms with Crippen molar-refractivity contribution in [1.29, 1.82) is 0 Å². The molecular formula is C7H14O4. The van der Waals surface area contributed by atoms with Gasteiger partial charge in [-0.15, -0.1) is 0 Å². The number of methoxy groups -OCH3 is 1. The molecule has 0 bridgehead atoms. The van der Waals surface area contributed by atoms with Gasteiger partial charge >= 0.3 is 5.97 Å². The third-order valence-electron chi connectivity index (χ3n) is 1.55. The Kier molecular flexibility index (Phi) is 3.48. The quantitative estimate of drug-likeness (QED) is 0.621. The Morgan fingerprint density at radius 1 is 1.73 bits per heavy atom. The van der Waals surface area contributed by atoms with Gasteiger partial charge in [-0.25, -0.2) is 4.79 Å². The Morgan fingerprint density at radius 2 is 2.18 bits per heavy atom. The van der Waals surface area contributed by atoms with E-state index in [1.807, 2.05) is 0 Å². The molecule has 2 N–H and O–H groups in total. The minimum Gasteiger partial charge on any atom is -0.479 e. The first-order valence-electron chi connectivity index (χ1n) is 3.38. The second-order valence-corrected chi connectivity index (χ2v) is 2.83. The maximum absolute atomic E-state index is 10.4. The highest BCUT2D eigenvalue weighted by molar-refractivity contribution is 5.76. The lowest BCUT2D eigenvalue weighted by Gasteiger charge is -2.20. The normalized spacial score (nSPS) is 18.9. The van der Waals surface area contributed by atoms with Gasteiger partial charge in [-0.2, -0.15) is 0 Å². The molecule has 0 aliphatic carbocycles. The van der Waals surface area contributed by atoms with Crippen molar-refractivity contribution in [2.24, 2.45) is 0 Å². The average molecular weight is 162 g/mol. The first kappa shape index (κ1) is 10.4. The van der Waals surface area contributed by atoms with Crippen molar-refractivity contribution in [3.05, 3.63) is 0 Å². The van der Waals surface area contributed by atoms with E-state index >= 15 is 0 Å². The smallest absolute Gasteiger partial charge is 0.335 e. The lowest BCUT2D eigenvalue weighted by molar-refractivity contribution is -0.159. The van der Waals surface area contributed by atoms with E-state index in [-0.39, 0.29) is 12.5 Å². The topological polar surface area (TPSA) is 66.8 Å². The molecule has 0 saturated heterocycles. The average Bonchev–Trinajstić information content (AvgIpc) is 1.86. The van der Waals surface area contributed by atoms with Crippen LogP contribution in [0.5, 0.6) is 0 Å². The Balaban J connectivity index is 4.01. The summed E-state index contributed by atoms with van der Waals surface area (Å²) in [6, 6.07) is 0. The molecule has 0 fully saturated rings. The summed E-state index contributed by atoms with van der Waals surface area (Å²) >= 11 is 0. The first-order chi connectivity index (χ1) is 4.90. The van der Waals surface area contributed by atoms with Crippen LogP contribution in [0.4, 0.5) is 0 Å². The van der Waals surface area contributed by atoms with Crippen LogP contribution < -0.4 is 0 Å². The zero-order valence-electron chi connectivity index (χ0n) is 7.00. The van der Waals surface area contributed by atoms with Gasteiger partial charge in [-0.1, -0.05) is 0 Å². The molecule has 0 amide bonds. The molecule has 0 radical (unpaired) electrons. The SMILES string of the molecule is CO[C@@H](C)C[C@](C)(O)C(=O)O.